The van der Waals surface area contributed by atoms with Gasteiger partial charge in [-0.15, -0.1) is 0 Å². The number of carboxylic acids is 1. The predicted octanol–water partition coefficient (Wildman–Crippen LogP) is 1.56. The minimum Gasteiger partial charge on any atom is -0.549 e. The number of aromatic nitrogens is 2. The van der Waals surface area contributed by atoms with Crippen LogP contribution in [0.15, 0.2) is 12.4 Å². The highest BCUT2D eigenvalue weighted by Crippen LogP contribution is 2.25. The number of nitrogens with zero attached hydrogens (tertiary/aromatic N) is 1. The Morgan fingerprint density at radius 2 is 2.11 bits per heavy atom. The smallest absolute Gasteiger partial charge is 0.174 e. The van der Waals surface area contributed by atoms with E-state index in [-0.39, 0.29) is 5.92 Å². The van der Waals surface area contributed by atoms with Crippen LogP contribution in [0.2, 0.25) is 0 Å². The molecular weight excluding hydrogens is 244 g/mol. The molecule has 0 aliphatic rings. The van der Waals surface area contributed by atoms with E-state index in [1.54, 1.807) is 0 Å². The number of ketones is 1. The molecule has 0 amide bonds. The number of carbonyl (C=O) groups excluding carboxylic acids is 2. The van der Waals surface area contributed by atoms with Crippen molar-refractivity contribution in [1.29, 1.82) is 0 Å². The average molecular weight is 265 g/mol. The summed E-state index contributed by atoms with van der Waals surface area (Å²) in [6.45, 7) is 4.00. The molecule has 1 rings (SSSR count). The minimum atomic E-state index is -1.28. The van der Waals surface area contributed by atoms with E-state index in [0.29, 0.717) is 12.0 Å². The number of aromatic amines is 1. The van der Waals surface area contributed by atoms with Gasteiger partial charge in [0.25, 0.3) is 0 Å². The third kappa shape index (κ3) is 4.19. The minimum absolute atomic E-state index is 0.168. The molecule has 1 N–H and O–H groups in total. The maximum atomic E-state index is 12.2. The maximum Gasteiger partial charge on any atom is 0.174 e. The highest BCUT2D eigenvalue weighted by atomic mass is 16.4. The number of Topliss-reactive ketones (excluding diaryl/α,β-unsaturated/α-hetero) is 1. The topological polar surface area (TPSA) is 85.9 Å². The molecule has 0 saturated heterocycles. The summed E-state index contributed by atoms with van der Waals surface area (Å²) in [5, 5.41) is 17.5. The number of carbonyl (C=O) groups is 2. The monoisotopic (exact) mass is 265 g/mol. The van der Waals surface area contributed by atoms with E-state index in [0.717, 1.165) is 25.7 Å². The summed E-state index contributed by atoms with van der Waals surface area (Å²) in [5.74, 6) is -2.93. The zero-order valence-corrected chi connectivity index (χ0v) is 11.5. The molecule has 0 spiro atoms. The van der Waals surface area contributed by atoms with Crippen LogP contribution in [0.25, 0.3) is 0 Å². The average Bonchev–Trinajstić information content (AvgIpc) is 2.90. The Morgan fingerprint density at radius 1 is 1.37 bits per heavy atom. The second kappa shape index (κ2) is 7.71. The first-order valence-electron chi connectivity index (χ1n) is 6.85. The Morgan fingerprint density at radius 3 is 2.58 bits per heavy atom. The molecule has 5 nitrogen and oxygen atoms in total. The standard InChI is InChI=1S/C14H22N2O3/c1-3-5-6-7-10(4-2)12(14(18)19)13(17)11-8-15-16-9-11/h8-10,12H,3-7H2,1-2H3,(H,15,16)(H,18,19)/p-1. The third-order valence-electron chi connectivity index (χ3n) is 3.49. The van der Waals surface area contributed by atoms with Gasteiger partial charge in [0.05, 0.1) is 23.6 Å². The third-order valence-corrected chi connectivity index (χ3v) is 3.49. The van der Waals surface area contributed by atoms with Gasteiger partial charge >= 0.3 is 0 Å². The van der Waals surface area contributed by atoms with Crippen molar-refractivity contribution in [3.8, 4) is 0 Å². The number of hydrogen-bond acceptors (Lipinski definition) is 4. The van der Waals surface area contributed by atoms with Gasteiger partial charge in [-0.3, -0.25) is 9.89 Å². The summed E-state index contributed by atoms with van der Waals surface area (Å²) < 4.78 is 0. The Bertz CT molecular complexity index is 401. The molecule has 0 aromatic carbocycles. The lowest BCUT2D eigenvalue weighted by molar-refractivity contribution is -0.310. The second-order valence-corrected chi connectivity index (χ2v) is 4.81. The largest absolute Gasteiger partial charge is 0.549 e. The van der Waals surface area contributed by atoms with E-state index in [4.69, 9.17) is 0 Å². The van der Waals surface area contributed by atoms with E-state index >= 15 is 0 Å². The van der Waals surface area contributed by atoms with Gasteiger partial charge in [-0.2, -0.15) is 5.10 Å². The molecule has 19 heavy (non-hydrogen) atoms. The number of hydrogen-bond donors (Lipinski definition) is 1. The number of rotatable bonds is 9. The summed E-state index contributed by atoms with van der Waals surface area (Å²) in [6.07, 6.45) is 7.25. The lowest BCUT2D eigenvalue weighted by Gasteiger charge is -2.25. The first kappa shape index (κ1) is 15.4. The predicted molar refractivity (Wildman–Crippen MR) is 69.3 cm³/mol. The molecule has 1 aromatic heterocycles. The Labute approximate surface area is 113 Å². The lowest BCUT2D eigenvalue weighted by atomic mass is 9.81. The SMILES string of the molecule is CCCCCC(CC)C(C(=O)[O-])C(=O)c1cn[nH]c1. The summed E-state index contributed by atoms with van der Waals surface area (Å²) in [4.78, 5) is 23.5. The van der Waals surface area contributed by atoms with Crippen LogP contribution in [0.4, 0.5) is 0 Å². The van der Waals surface area contributed by atoms with Gasteiger partial charge in [0.1, 0.15) is 0 Å². The summed E-state index contributed by atoms with van der Waals surface area (Å²) in [5.41, 5.74) is 0.308. The Balaban J connectivity index is 2.80. The van der Waals surface area contributed by atoms with Crippen LogP contribution in [0.5, 0.6) is 0 Å². The van der Waals surface area contributed by atoms with Crippen molar-refractivity contribution < 1.29 is 14.7 Å². The number of unbranched alkanes of at least 4 members (excludes halogenated alkanes) is 2. The van der Waals surface area contributed by atoms with Gasteiger partial charge in [0.2, 0.25) is 0 Å². The zero-order chi connectivity index (χ0) is 14.3. The molecule has 2 atom stereocenters. The summed E-state index contributed by atoms with van der Waals surface area (Å²) >= 11 is 0. The normalized spacial score (nSPS) is 14.0. The first-order valence-corrected chi connectivity index (χ1v) is 6.85. The fourth-order valence-electron chi connectivity index (χ4n) is 2.34. The van der Waals surface area contributed by atoms with Crippen molar-refractivity contribution in [1.82, 2.24) is 10.2 Å². The van der Waals surface area contributed by atoms with E-state index in [1.807, 2.05) is 6.92 Å². The molecule has 0 bridgehead atoms. The van der Waals surface area contributed by atoms with Crippen molar-refractivity contribution in [3.05, 3.63) is 18.0 Å². The highest BCUT2D eigenvalue weighted by molar-refractivity contribution is 6.07. The van der Waals surface area contributed by atoms with Gasteiger partial charge < -0.3 is 9.90 Å². The molecule has 0 fully saturated rings. The Kier molecular flexibility index (Phi) is 6.25. The van der Waals surface area contributed by atoms with Crippen LogP contribution in [0, 0.1) is 11.8 Å². The highest BCUT2D eigenvalue weighted by Gasteiger charge is 2.29. The van der Waals surface area contributed by atoms with Crippen LogP contribution in [-0.4, -0.2) is 21.9 Å². The molecule has 2 unspecified atom stereocenters. The number of aliphatic carboxylic acids is 1. The van der Waals surface area contributed by atoms with Gasteiger partial charge in [-0.1, -0.05) is 39.5 Å². The quantitative estimate of drug-likeness (QED) is 0.417. The van der Waals surface area contributed by atoms with Crippen molar-refractivity contribution in [2.45, 2.75) is 46.0 Å². The molecule has 106 valence electrons. The lowest BCUT2D eigenvalue weighted by Crippen LogP contribution is -2.41. The van der Waals surface area contributed by atoms with Crippen LogP contribution < -0.4 is 5.11 Å². The van der Waals surface area contributed by atoms with Crippen molar-refractivity contribution in [2.75, 3.05) is 0 Å². The zero-order valence-electron chi connectivity index (χ0n) is 11.5. The van der Waals surface area contributed by atoms with Crippen LogP contribution in [0.3, 0.4) is 0 Å². The van der Waals surface area contributed by atoms with Crippen molar-refractivity contribution in [3.63, 3.8) is 0 Å². The molecule has 0 radical (unpaired) electrons. The van der Waals surface area contributed by atoms with E-state index in [9.17, 15) is 14.7 Å². The van der Waals surface area contributed by atoms with Gasteiger partial charge in [-0.25, -0.2) is 0 Å². The number of carboxylic acid groups (broad SMARTS) is 1. The fraction of sp³-hybridized carbons (Fsp3) is 0.643. The molecule has 0 aliphatic carbocycles. The molecule has 5 heteroatoms. The Hall–Kier alpha value is -1.65. The molecule has 1 heterocycles. The van der Waals surface area contributed by atoms with Crippen LogP contribution in [-0.2, 0) is 4.79 Å². The van der Waals surface area contributed by atoms with E-state index in [1.165, 1.54) is 12.4 Å². The fourth-order valence-corrected chi connectivity index (χ4v) is 2.34. The summed E-state index contributed by atoms with van der Waals surface area (Å²) in [6, 6.07) is 0. The molecular formula is C14H21N2O3-. The second-order valence-electron chi connectivity index (χ2n) is 4.81. The van der Waals surface area contributed by atoms with Crippen LogP contribution >= 0.6 is 0 Å². The summed E-state index contributed by atoms with van der Waals surface area (Å²) in [7, 11) is 0. The number of nitrogens with one attached hydrogen (secondary N) is 1. The van der Waals surface area contributed by atoms with Crippen molar-refractivity contribution in [2.24, 2.45) is 11.8 Å². The molecule has 0 aliphatic heterocycles. The van der Waals surface area contributed by atoms with E-state index in [2.05, 4.69) is 17.1 Å². The van der Waals surface area contributed by atoms with Crippen molar-refractivity contribution >= 4 is 11.8 Å². The van der Waals surface area contributed by atoms with Crippen LogP contribution in [0.1, 0.15) is 56.3 Å². The van der Waals surface area contributed by atoms with Gasteiger partial charge in [0.15, 0.2) is 5.78 Å². The number of H-pyrrole nitrogens is 1. The molecule has 0 saturated carbocycles. The first-order chi connectivity index (χ1) is 9.11. The van der Waals surface area contributed by atoms with Gasteiger partial charge in [-0.05, 0) is 12.3 Å². The van der Waals surface area contributed by atoms with E-state index < -0.39 is 17.7 Å². The maximum absolute atomic E-state index is 12.2. The molecule has 1 aromatic rings. The van der Waals surface area contributed by atoms with Gasteiger partial charge in [0, 0.05) is 6.20 Å².